The molecule has 1 atom stereocenters. The fourth-order valence-electron chi connectivity index (χ4n) is 2.68. The van der Waals surface area contributed by atoms with Crippen molar-refractivity contribution in [2.24, 2.45) is 0 Å². The molecule has 1 aromatic carbocycles. The number of benzene rings is 1. The third-order valence-electron chi connectivity index (χ3n) is 3.76. The van der Waals surface area contributed by atoms with Crippen molar-refractivity contribution in [1.82, 2.24) is 10.9 Å². The molecule has 1 amide bonds. The maximum Gasteiger partial charge on any atom is 0.242 e. The highest BCUT2D eigenvalue weighted by Crippen LogP contribution is 2.30. The topological polar surface area (TPSA) is 71.3 Å². The van der Waals surface area contributed by atoms with Crippen LogP contribution in [0.2, 0.25) is 0 Å². The Balaban J connectivity index is 1.55. The summed E-state index contributed by atoms with van der Waals surface area (Å²) in [5.74, 6) is 0.680. The second-order valence-corrected chi connectivity index (χ2v) is 5.59. The van der Waals surface area contributed by atoms with E-state index in [9.17, 15) is 9.59 Å². The summed E-state index contributed by atoms with van der Waals surface area (Å²) in [5, 5.41) is 0. The van der Waals surface area contributed by atoms with Crippen LogP contribution in [-0.2, 0) is 16.0 Å². The quantitative estimate of drug-likeness (QED) is 0.832. The zero-order chi connectivity index (χ0) is 16.1. The average molecular weight is 310 g/mol. The molecule has 0 unspecified atom stereocenters. The van der Waals surface area contributed by atoms with Gasteiger partial charge in [0.1, 0.15) is 5.76 Å². The smallest absolute Gasteiger partial charge is 0.242 e. The Hall–Kier alpha value is -2.82. The summed E-state index contributed by atoms with van der Waals surface area (Å²) in [5.41, 5.74) is 7.15. The average Bonchev–Trinajstić information content (AvgIpc) is 3.08. The molecule has 0 radical (unpaired) electrons. The summed E-state index contributed by atoms with van der Waals surface area (Å²) >= 11 is 0. The van der Waals surface area contributed by atoms with Crippen molar-refractivity contribution in [2.75, 3.05) is 0 Å². The van der Waals surface area contributed by atoms with E-state index in [1.54, 1.807) is 12.3 Å². The number of hydrogen-bond acceptors (Lipinski definition) is 4. The SMILES string of the molecule is O=C1C=C(NNC(=O)Cc2ccccc2)C[C@@H](c2ccco2)C1. The molecule has 0 aliphatic heterocycles. The number of hydrazine groups is 1. The lowest BCUT2D eigenvalue weighted by atomic mass is 9.89. The van der Waals surface area contributed by atoms with E-state index in [2.05, 4.69) is 10.9 Å². The van der Waals surface area contributed by atoms with Crippen LogP contribution in [0.5, 0.6) is 0 Å². The Morgan fingerprint density at radius 3 is 2.70 bits per heavy atom. The number of rotatable bonds is 5. The van der Waals surface area contributed by atoms with Crippen LogP contribution >= 0.6 is 0 Å². The molecule has 3 rings (SSSR count). The highest BCUT2D eigenvalue weighted by Gasteiger charge is 2.24. The van der Waals surface area contributed by atoms with Crippen LogP contribution in [0, 0.1) is 0 Å². The lowest BCUT2D eigenvalue weighted by Gasteiger charge is -2.21. The molecule has 1 heterocycles. The molecule has 5 nitrogen and oxygen atoms in total. The van der Waals surface area contributed by atoms with Gasteiger partial charge in [-0.15, -0.1) is 0 Å². The monoisotopic (exact) mass is 310 g/mol. The number of furan rings is 1. The van der Waals surface area contributed by atoms with E-state index in [-0.39, 0.29) is 24.0 Å². The van der Waals surface area contributed by atoms with Gasteiger partial charge in [-0.05, 0) is 24.1 Å². The highest BCUT2D eigenvalue weighted by atomic mass is 16.3. The van der Waals surface area contributed by atoms with Gasteiger partial charge in [-0.2, -0.15) is 0 Å². The molecule has 0 bridgehead atoms. The molecule has 5 heteroatoms. The number of carbonyl (C=O) groups excluding carboxylic acids is 2. The van der Waals surface area contributed by atoms with Crippen LogP contribution in [0.25, 0.3) is 0 Å². The first-order chi connectivity index (χ1) is 11.2. The van der Waals surface area contributed by atoms with Gasteiger partial charge < -0.3 is 9.84 Å². The molecule has 0 saturated carbocycles. The Morgan fingerprint density at radius 1 is 1.13 bits per heavy atom. The normalized spacial score (nSPS) is 17.5. The number of nitrogens with one attached hydrogen (secondary N) is 2. The standard InChI is InChI=1S/C18H18N2O3/c21-16-11-14(17-7-4-8-23-17)10-15(12-16)19-20-18(22)9-13-5-2-1-3-6-13/h1-8,12,14,19H,9-11H2,(H,20,22)/t14-/m1/s1. The Morgan fingerprint density at radius 2 is 1.96 bits per heavy atom. The number of amides is 1. The van der Waals surface area contributed by atoms with E-state index in [1.165, 1.54) is 0 Å². The van der Waals surface area contributed by atoms with E-state index in [0.29, 0.717) is 18.5 Å². The number of carbonyl (C=O) groups is 2. The first kappa shape index (κ1) is 15.1. The van der Waals surface area contributed by atoms with Crippen molar-refractivity contribution < 1.29 is 14.0 Å². The maximum absolute atomic E-state index is 11.9. The molecule has 1 aliphatic carbocycles. The zero-order valence-corrected chi connectivity index (χ0v) is 12.6. The number of allylic oxidation sites excluding steroid dienone is 2. The summed E-state index contributed by atoms with van der Waals surface area (Å²) in [7, 11) is 0. The van der Waals surface area contributed by atoms with Crippen LogP contribution in [0.15, 0.2) is 64.9 Å². The predicted octanol–water partition coefficient (Wildman–Crippen LogP) is 2.47. The van der Waals surface area contributed by atoms with Crippen molar-refractivity contribution in [1.29, 1.82) is 0 Å². The van der Waals surface area contributed by atoms with Gasteiger partial charge >= 0.3 is 0 Å². The summed E-state index contributed by atoms with van der Waals surface area (Å²) in [6.07, 6.45) is 4.49. The predicted molar refractivity (Wildman–Crippen MR) is 85.2 cm³/mol. The molecular formula is C18H18N2O3. The molecule has 0 fully saturated rings. The van der Waals surface area contributed by atoms with Crippen molar-refractivity contribution >= 4 is 11.7 Å². The molecule has 1 aliphatic rings. The molecule has 1 aromatic heterocycles. The van der Waals surface area contributed by atoms with Crippen LogP contribution in [0.1, 0.15) is 30.1 Å². The van der Waals surface area contributed by atoms with Gasteiger partial charge in [-0.3, -0.25) is 15.0 Å². The lowest BCUT2D eigenvalue weighted by molar-refractivity contribution is -0.121. The summed E-state index contributed by atoms with van der Waals surface area (Å²) in [6.45, 7) is 0. The molecule has 0 saturated heterocycles. The van der Waals surface area contributed by atoms with Gasteiger partial charge in [0.25, 0.3) is 0 Å². The molecule has 23 heavy (non-hydrogen) atoms. The van der Waals surface area contributed by atoms with Gasteiger partial charge in [0.15, 0.2) is 5.78 Å². The molecule has 2 aromatic rings. The van der Waals surface area contributed by atoms with Gasteiger partial charge in [-0.25, -0.2) is 0 Å². The minimum Gasteiger partial charge on any atom is -0.469 e. The molecule has 2 N–H and O–H groups in total. The van der Waals surface area contributed by atoms with Crippen molar-refractivity contribution in [3.8, 4) is 0 Å². The van der Waals surface area contributed by atoms with Crippen LogP contribution in [0.3, 0.4) is 0 Å². The van der Waals surface area contributed by atoms with E-state index < -0.39 is 0 Å². The second-order valence-electron chi connectivity index (χ2n) is 5.59. The third-order valence-corrected chi connectivity index (χ3v) is 3.76. The van der Waals surface area contributed by atoms with Gasteiger partial charge in [-0.1, -0.05) is 30.3 Å². The maximum atomic E-state index is 11.9. The summed E-state index contributed by atoms with van der Waals surface area (Å²) in [6, 6.07) is 13.2. The highest BCUT2D eigenvalue weighted by molar-refractivity contribution is 5.92. The van der Waals surface area contributed by atoms with Crippen molar-refractivity contribution in [3.63, 3.8) is 0 Å². The first-order valence-electron chi connectivity index (χ1n) is 7.56. The molecule has 118 valence electrons. The fraction of sp³-hybridized carbons (Fsp3) is 0.222. The van der Waals surface area contributed by atoms with Crippen molar-refractivity contribution in [2.45, 2.75) is 25.2 Å². The largest absolute Gasteiger partial charge is 0.469 e. The van der Waals surface area contributed by atoms with E-state index in [1.807, 2.05) is 42.5 Å². The first-order valence-corrected chi connectivity index (χ1v) is 7.56. The lowest BCUT2D eigenvalue weighted by Crippen LogP contribution is -2.39. The van der Waals surface area contributed by atoms with Crippen molar-refractivity contribution in [3.05, 3.63) is 71.8 Å². The zero-order valence-electron chi connectivity index (χ0n) is 12.6. The number of ketones is 1. The third kappa shape index (κ3) is 4.10. The minimum absolute atomic E-state index is 0.0102. The van der Waals surface area contributed by atoms with Gasteiger partial charge in [0, 0.05) is 24.1 Å². The fourth-order valence-corrected chi connectivity index (χ4v) is 2.68. The van der Waals surface area contributed by atoms with Crippen LogP contribution in [-0.4, -0.2) is 11.7 Å². The molecule has 0 spiro atoms. The minimum atomic E-state index is -0.148. The Labute approximate surface area is 134 Å². The number of hydrogen-bond donors (Lipinski definition) is 2. The van der Waals surface area contributed by atoms with E-state index in [4.69, 9.17) is 4.42 Å². The second kappa shape index (κ2) is 6.96. The van der Waals surface area contributed by atoms with Crippen LogP contribution in [0.4, 0.5) is 0 Å². The van der Waals surface area contributed by atoms with E-state index >= 15 is 0 Å². The van der Waals surface area contributed by atoms with Gasteiger partial charge in [0.05, 0.1) is 12.7 Å². The molecular weight excluding hydrogens is 292 g/mol. The Kier molecular flexibility index (Phi) is 4.57. The van der Waals surface area contributed by atoms with Gasteiger partial charge in [0.2, 0.25) is 5.91 Å². The van der Waals surface area contributed by atoms with E-state index in [0.717, 1.165) is 11.3 Å². The Bertz CT molecular complexity index is 705. The summed E-state index contributed by atoms with van der Waals surface area (Å²) < 4.78 is 5.38. The van der Waals surface area contributed by atoms with Crippen LogP contribution < -0.4 is 10.9 Å². The summed E-state index contributed by atoms with van der Waals surface area (Å²) in [4.78, 5) is 23.8.